The zero-order valence-corrected chi connectivity index (χ0v) is 16.7. The fraction of sp³-hybridized carbons (Fsp3) is 0.737. The molecule has 0 saturated carbocycles. The number of amides is 1. The van der Waals surface area contributed by atoms with E-state index < -0.39 is 6.10 Å². The van der Waals surface area contributed by atoms with Gasteiger partial charge in [-0.1, -0.05) is 18.7 Å². The summed E-state index contributed by atoms with van der Waals surface area (Å²) in [5, 5.41) is 10.5. The third kappa shape index (κ3) is 4.96. The highest BCUT2D eigenvalue weighted by atomic mass is 32.2. The van der Waals surface area contributed by atoms with Gasteiger partial charge in [-0.3, -0.25) is 9.69 Å². The van der Waals surface area contributed by atoms with E-state index in [2.05, 4.69) is 21.8 Å². The van der Waals surface area contributed by atoms with E-state index in [4.69, 9.17) is 0 Å². The fourth-order valence-corrected chi connectivity index (χ4v) is 4.58. The molecule has 1 aromatic heterocycles. The Kier molecular flexibility index (Phi) is 6.53. The van der Waals surface area contributed by atoms with Gasteiger partial charge in [-0.2, -0.15) is 0 Å². The number of carbonyl (C=O) groups is 1. The van der Waals surface area contributed by atoms with E-state index in [1.165, 1.54) is 0 Å². The molecule has 7 heteroatoms. The molecule has 26 heavy (non-hydrogen) atoms. The number of rotatable bonds is 6. The van der Waals surface area contributed by atoms with Crippen LogP contribution in [0.1, 0.15) is 45.1 Å². The quantitative estimate of drug-likeness (QED) is 0.604. The summed E-state index contributed by atoms with van der Waals surface area (Å²) < 4.78 is 0. The molecule has 1 unspecified atom stereocenters. The van der Waals surface area contributed by atoms with E-state index in [0.29, 0.717) is 13.0 Å². The van der Waals surface area contributed by atoms with Gasteiger partial charge < -0.3 is 10.0 Å². The second-order valence-electron chi connectivity index (χ2n) is 7.71. The summed E-state index contributed by atoms with van der Waals surface area (Å²) in [6.45, 7) is 8.10. The Bertz CT molecular complexity index is 600. The van der Waals surface area contributed by atoms with Crippen molar-refractivity contribution in [2.24, 2.45) is 5.41 Å². The number of aromatic nitrogens is 2. The second-order valence-corrected chi connectivity index (χ2v) is 8.94. The molecular weight excluding hydrogens is 348 g/mol. The lowest BCUT2D eigenvalue weighted by Crippen LogP contribution is -2.52. The summed E-state index contributed by atoms with van der Waals surface area (Å²) in [5.41, 5.74) is 1.40. The van der Waals surface area contributed by atoms with Crippen LogP contribution in [0, 0.1) is 5.41 Å². The summed E-state index contributed by atoms with van der Waals surface area (Å²) in [6, 6.07) is 0. The Morgan fingerprint density at radius 1 is 1.27 bits per heavy atom. The maximum Gasteiger partial charge on any atom is 0.222 e. The average Bonchev–Trinajstić information content (AvgIpc) is 2.62. The lowest BCUT2D eigenvalue weighted by Gasteiger charge is -2.47. The number of likely N-dealkylation sites (tertiary alicyclic amines) is 2. The molecule has 2 aliphatic heterocycles. The molecule has 6 nitrogen and oxygen atoms in total. The van der Waals surface area contributed by atoms with Gasteiger partial charge in [0.2, 0.25) is 5.91 Å². The van der Waals surface area contributed by atoms with E-state index in [9.17, 15) is 9.90 Å². The molecule has 1 N–H and O–H groups in total. The predicted octanol–water partition coefficient (Wildman–Crippen LogP) is 2.17. The minimum Gasteiger partial charge on any atom is -0.392 e. The molecule has 1 spiro atoms. The summed E-state index contributed by atoms with van der Waals surface area (Å²) in [7, 11) is 0. The first-order valence-corrected chi connectivity index (χ1v) is 10.6. The van der Waals surface area contributed by atoms with Gasteiger partial charge in [-0.15, -0.1) is 0 Å². The van der Waals surface area contributed by atoms with E-state index in [1.807, 2.05) is 17.3 Å². The van der Waals surface area contributed by atoms with Gasteiger partial charge in [0, 0.05) is 44.0 Å². The predicted molar refractivity (Wildman–Crippen MR) is 103 cm³/mol. The number of thioether (sulfide) groups is 1. The average molecular weight is 379 g/mol. The summed E-state index contributed by atoms with van der Waals surface area (Å²) in [4.78, 5) is 25.3. The lowest BCUT2D eigenvalue weighted by atomic mass is 9.72. The smallest absolute Gasteiger partial charge is 0.222 e. The van der Waals surface area contributed by atoms with E-state index in [1.54, 1.807) is 18.7 Å². The van der Waals surface area contributed by atoms with Crippen LogP contribution in [0.15, 0.2) is 17.6 Å². The molecule has 0 bridgehead atoms. The molecule has 0 aliphatic carbocycles. The molecule has 3 heterocycles. The van der Waals surface area contributed by atoms with Crippen molar-refractivity contribution in [1.29, 1.82) is 0 Å². The third-order valence-corrected chi connectivity index (χ3v) is 6.27. The van der Waals surface area contributed by atoms with Gasteiger partial charge in [0.1, 0.15) is 0 Å². The van der Waals surface area contributed by atoms with Crippen molar-refractivity contribution < 1.29 is 9.90 Å². The standard InChI is InChI=1S/C19H30N4O2S/c1-3-26-18-20-10-16(11-21-18)13-22-8-6-19(7-9-22)5-4-17(25)23(14-19)12-15(2)24/h10-11,15,24H,3-9,12-14H2,1-2H3. The number of β-amino-alcohol motifs (C(OH)–C–C–N with tert-alkyl or cyclic N) is 1. The van der Waals surface area contributed by atoms with Crippen LogP contribution in [-0.2, 0) is 11.3 Å². The number of nitrogens with zero attached hydrogens (tertiary/aromatic N) is 4. The molecule has 3 rings (SSSR count). The first kappa shape index (κ1) is 19.6. The van der Waals surface area contributed by atoms with Crippen molar-refractivity contribution in [3.63, 3.8) is 0 Å². The molecule has 2 fully saturated rings. The Balaban J connectivity index is 1.52. The summed E-state index contributed by atoms with van der Waals surface area (Å²) in [5.74, 6) is 1.18. The highest BCUT2D eigenvalue weighted by molar-refractivity contribution is 7.99. The van der Waals surface area contributed by atoms with E-state index >= 15 is 0 Å². The molecule has 0 radical (unpaired) electrons. The van der Waals surface area contributed by atoms with Gasteiger partial charge in [0.15, 0.2) is 5.16 Å². The largest absolute Gasteiger partial charge is 0.392 e. The Labute approximate surface area is 160 Å². The molecule has 144 valence electrons. The maximum absolute atomic E-state index is 12.1. The van der Waals surface area contributed by atoms with E-state index in [0.717, 1.165) is 61.9 Å². The second kappa shape index (κ2) is 8.67. The number of piperidine rings is 2. The zero-order valence-electron chi connectivity index (χ0n) is 15.9. The molecule has 2 aliphatic rings. The van der Waals surface area contributed by atoms with Crippen molar-refractivity contribution in [2.45, 2.75) is 57.3 Å². The van der Waals surface area contributed by atoms with Crippen molar-refractivity contribution in [2.75, 3.05) is 31.9 Å². The monoisotopic (exact) mass is 378 g/mol. The van der Waals surface area contributed by atoms with Crippen LogP contribution in [0.2, 0.25) is 0 Å². The van der Waals surface area contributed by atoms with Crippen molar-refractivity contribution in [1.82, 2.24) is 19.8 Å². The molecule has 1 amide bonds. The number of carbonyl (C=O) groups excluding carboxylic acids is 1. The van der Waals surface area contributed by atoms with Gasteiger partial charge in [-0.05, 0) is 50.4 Å². The molecule has 0 aromatic carbocycles. The van der Waals surface area contributed by atoms with E-state index in [-0.39, 0.29) is 11.3 Å². The minimum absolute atomic E-state index is 0.196. The first-order chi connectivity index (χ1) is 12.5. The number of hydrogen-bond acceptors (Lipinski definition) is 6. The molecule has 1 atom stereocenters. The maximum atomic E-state index is 12.1. The van der Waals surface area contributed by atoms with Gasteiger partial charge in [0.05, 0.1) is 6.10 Å². The van der Waals surface area contributed by atoms with Crippen LogP contribution in [0.3, 0.4) is 0 Å². The van der Waals surface area contributed by atoms with Gasteiger partial charge in [-0.25, -0.2) is 9.97 Å². The van der Waals surface area contributed by atoms with Crippen LogP contribution in [0.4, 0.5) is 0 Å². The fourth-order valence-electron chi connectivity index (χ4n) is 4.07. The van der Waals surface area contributed by atoms with Gasteiger partial charge >= 0.3 is 0 Å². The summed E-state index contributed by atoms with van der Waals surface area (Å²) in [6.07, 6.45) is 7.27. The summed E-state index contributed by atoms with van der Waals surface area (Å²) >= 11 is 1.66. The van der Waals surface area contributed by atoms with Crippen molar-refractivity contribution in [3.05, 3.63) is 18.0 Å². The topological polar surface area (TPSA) is 69.6 Å². The molecule has 2 saturated heterocycles. The minimum atomic E-state index is -0.456. The Morgan fingerprint density at radius 3 is 2.58 bits per heavy atom. The normalized spacial score (nSPS) is 22.0. The first-order valence-electron chi connectivity index (χ1n) is 9.61. The number of aliphatic hydroxyl groups is 1. The van der Waals surface area contributed by atoms with Crippen LogP contribution in [0.25, 0.3) is 0 Å². The van der Waals surface area contributed by atoms with Crippen LogP contribution in [-0.4, -0.2) is 68.8 Å². The van der Waals surface area contributed by atoms with Crippen molar-refractivity contribution in [3.8, 4) is 0 Å². The Hall–Kier alpha value is -1.18. The highest BCUT2D eigenvalue weighted by Gasteiger charge is 2.41. The SMILES string of the molecule is CCSc1ncc(CN2CCC3(CCC(=O)N(CC(C)O)C3)CC2)cn1. The van der Waals surface area contributed by atoms with Crippen LogP contribution in [0.5, 0.6) is 0 Å². The van der Waals surface area contributed by atoms with Crippen LogP contribution >= 0.6 is 11.8 Å². The molecule has 1 aromatic rings. The van der Waals surface area contributed by atoms with Gasteiger partial charge in [0.25, 0.3) is 0 Å². The Morgan fingerprint density at radius 2 is 1.96 bits per heavy atom. The lowest BCUT2D eigenvalue weighted by molar-refractivity contribution is -0.140. The number of aliphatic hydroxyl groups excluding tert-OH is 1. The third-order valence-electron chi connectivity index (χ3n) is 5.51. The zero-order chi connectivity index (χ0) is 18.6. The number of hydrogen-bond donors (Lipinski definition) is 1. The van der Waals surface area contributed by atoms with Crippen LogP contribution < -0.4 is 0 Å². The molecular formula is C19H30N4O2S. The highest BCUT2D eigenvalue weighted by Crippen LogP contribution is 2.40. The van der Waals surface area contributed by atoms with Crippen molar-refractivity contribution >= 4 is 17.7 Å².